The Morgan fingerprint density at radius 3 is 2.60 bits per heavy atom. The number of nitriles is 1. The Labute approximate surface area is 91.7 Å². The molecule has 0 fully saturated rings. The predicted molar refractivity (Wildman–Crippen MR) is 60.6 cm³/mol. The van der Waals surface area contributed by atoms with Gasteiger partial charge >= 0.3 is 0 Å². The van der Waals surface area contributed by atoms with E-state index in [1.54, 1.807) is 0 Å². The van der Waals surface area contributed by atoms with Crippen LogP contribution >= 0.6 is 0 Å². The van der Waals surface area contributed by atoms with Crippen LogP contribution in [0.1, 0.15) is 51.8 Å². The molecule has 0 aliphatic carbocycles. The van der Waals surface area contributed by atoms with E-state index in [2.05, 4.69) is 38.9 Å². The summed E-state index contributed by atoms with van der Waals surface area (Å²) in [6.07, 6.45) is 5.22. The first-order chi connectivity index (χ1) is 6.99. The Bertz CT molecular complexity index is 363. The molecule has 0 N–H and O–H groups in total. The Hall–Kier alpha value is -1.30. The highest BCUT2D eigenvalue weighted by Crippen LogP contribution is 2.17. The molecule has 0 saturated carbocycles. The minimum Gasteiger partial charge on any atom is -0.266 e. The van der Waals surface area contributed by atoms with Crippen molar-refractivity contribution in [2.75, 3.05) is 0 Å². The molecule has 0 aromatic carbocycles. The molecule has 0 unspecified atom stereocenters. The van der Waals surface area contributed by atoms with Crippen LogP contribution in [0.4, 0.5) is 0 Å². The fourth-order valence-corrected chi connectivity index (χ4v) is 1.40. The van der Waals surface area contributed by atoms with E-state index in [0.29, 0.717) is 5.69 Å². The average molecular weight is 205 g/mol. The predicted octanol–water partition coefficient (Wildman–Crippen LogP) is 2.85. The molecular weight excluding hydrogens is 186 g/mol. The third kappa shape index (κ3) is 2.82. The van der Waals surface area contributed by atoms with Gasteiger partial charge in [0.1, 0.15) is 6.07 Å². The summed E-state index contributed by atoms with van der Waals surface area (Å²) >= 11 is 0. The van der Waals surface area contributed by atoms with Crippen molar-refractivity contribution in [2.24, 2.45) is 0 Å². The first-order valence-corrected chi connectivity index (χ1v) is 5.48. The molecule has 1 heterocycles. The van der Waals surface area contributed by atoms with Crippen molar-refractivity contribution in [1.82, 2.24) is 9.78 Å². The topological polar surface area (TPSA) is 41.6 Å². The first-order valence-electron chi connectivity index (χ1n) is 5.48. The molecule has 82 valence electrons. The maximum absolute atomic E-state index is 8.97. The highest BCUT2D eigenvalue weighted by Gasteiger charge is 2.17. The van der Waals surface area contributed by atoms with Gasteiger partial charge in [0.15, 0.2) is 5.69 Å². The van der Waals surface area contributed by atoms with Crippen molar-refractivity contribution in [3.8, 4) is 6.07 Å². The minimum absolute atomic E-state index is 0.0456. The number of hydrogen-bond donors (Lipinski definition) is 0. The molecule has 0 aliphatic rings. The van der Waals surface area contributed by atoms with Gasteiger partial charge in [-0.1, -0.05) is 13.3 Å². The van der Waals surface area contributed by atoms with E-state index in [4.69, 9.17) is 5.26 Å². The lowest BCUT2D eigenvalue weighted by Crippen LogP contribution is -2.22. The lowest BCUT2D eigenvalue weighted by Gasteiger charge is -2.18. The van der Waals surface area contributed by atoms with Gasteiger partial charge in [0.25, 0.3) is 0 Å². The Morgan fingerprint density at radius 1 is 1.47 bits per heavy atom. The van der Waals surface area contributed by atoms with Crippen molar-refractivity contribution in [3.63, 3.8) is 0 Å². The van der Waals surface area contributed by atoms with Gasteiger partial charge in [-0.05, 0) is 33.6 Å². The number of hydrogen-bond acceptors (Lipinski definition) is 2. The van der Waals surface area contributed by atoms with Crippen LogP contribution in [0, 0.1) is 11.3 Å². The largest absolute Gasteiger partial charge is 0.266 e. The molecule has 1 aromatic heterocycles. The molecule has 0 spiro atoms. The van der Waals surface area contributed by atoms with Crippen molar-refractivity contribution in [3.05, 3.63) is 17.5 Å². The van der Waals surface area contributed by atoms with E-state index in [1.165, 1.54) is 0 Å². The average Bonchev–Trinajstić information content (AvgIpc) is 2.57. The Kier molecular flexibility index (Phi) is 3.52. The van der Waals surface area contributed by atoms with Gasteiger partial charge < -0.3 is 0 Å². The van der Waals surface area contributed by atoms with Crippen LogP contribution in [0.25, 0.3) is 0 Å². The molecule has 1 rings (SSSR count). The maximum Gasteiger partial charge on any atom is 0.165 e. The Balaban J connectivity index is 2.97. The molecule has 3 heteroatoms. The lowest BCUT2D eigenvalue weighted by atomic mass is 10.1. The molecule has 15 heavy (non-hydrogen) atoms. The summed E-state index contributed by atoms with van der Waals surface area (Å²) in [6.45, 7) is 8.42. The second-order valence-corrected chi connectivity index (χ2v) is 4.83. The smallest absolute Gasteiger partial charge is 0.165 e. The number of nitrogens with zero attached hydrogens (tertiary/aromatic N) is 3. The quantitative estimate of drug-likeness (QED) is 0.761. The van der Waals surface area contributed by atoms with Crippen molar-refractivity contribution >= 4 is 0 Å². The van der Waals surface area contributed by atoms with Gasteiger partial charge in [-0.15, -0.1) is 0 Å². The van der Waals surface area contributed by atoms with Crippen molar-refractivity contribution in [2.45, 2.75) is 52.5 Å². The second kappa shape index (κ2) is 4.48. The number of rotatable bonds is 3. The van der Waals surface area contributed by atoms with Crippen molar-refractivity contribution < 1.29 is 0 Å². The van der Waals surface area contributed by atoms with Gasteiger partial charge in [0.05, 0.1) is 5.54 Å². The summed E-state index contributed by atoms with van der Waals surface area (Å²) in [5.41, 5.74) is 1.61. The van der Waals surface area contributed by atoms with E-state index < -0.39 is 0 Å². The molecule has 0 aliphatic heterocycles. The van der Waals surface area contributed by atoms with Crippen LogP contribution in [0.2, 0.25) is 0 Å². The SMILES string of the molecule is CCCCc1cn(C(C)(C)C)nc1C#N. The standard InChI is InChI=1S/C12H19N3/c1-5-6-7-10-9-15(12(2,3)4)14-11(10)8-13/h9H,5-7H2,1-4H3. The van der Waals surface area contributed by atoms with Crippen LogP contribution in [-0.2, 0) is 12.0 Å². The molecule has 0 amide bonds. The normalized spacial score (nSPS) is 11.4. The van der Waals surface area contributed by atoms with Crippen molar-refractivity contribution in [1.29, 1.82) is 5.26 Å². The second-order valence-electron chi connectivity index (χ2n) is 4.83. The van der Waals surface area contributed by atoms with Gasteiger partial charge in [-0.2, -0.15) is 10.4 Å². The van der Waals surface area contributed by atoms with Crippen LogP contribution in [0.15, 0.2) is 6.20 Å². The van der Waals surface area contributed by atoms with Gasteiger partial charge in [0, 0.05) is 11.8 Å². The fourth-order valence-electron chi connectivity index (χ4n) is 1.40. The summed E-state index contributed by atoms with van der Waals surface area (Å²) in [7, 11) is 0. The van der Waals surface area contributed by atoms with E-state index in [1.807, 2.05) is 10.9 Å². The van der Waals surface area contributed by atoms with Gasteiger partial charge in [-0.25, -0.2) is 0 Å². The molecule has 0 saturated heterocycles. The van der Waals surface area contributed by atoms with Crippen LogP contribution in [-0.4, -0.2) is 9.78 Å². The molecule has 0 bridgehead atoms. The fraction of sp³-hybridized carbons (Fsp3) is 0.667. The highest BCUT2D eigenvalue weighted by molar-refractivity contribution is 5.29. The summed E-state index contributed by atoms with van der Waals surface area (Å²) in [6, 6.07) is 2.17. The summed E-state index contributed by atoms with van der Waals surface area (Å²) < 4.78 is 1.89. The van der Waals surface area contributed by atoms with E-state index in [0.717, 1.165) is 24.8 Å². The number of unbranched alkanes of at least 4 members (excludes halogenated alkanes) is 1. The van der Waals surface area contributed by atoms with Crippen LogP contribution in [0.3, 0.4) is 0 Å². The minimum atomic E-state index is -0.0456. The molecule has 0 radical (unpaired) electrons. The lowest BCUT2D eigenvalue weighted by molar-refractivity contribution is 0.354. The van der Waals surface area contributed by atoms with Crippen LogP contribution in [0.5, 0.6) is 0 Å². The zero-order valence-corrected chi connectivity index (χ0v) is 10.0. The maximum atomic E-state index is 8.97. The number of aromatic nitrogens is 2. The van der Waals surface area contributed by atoms with Crippen LogP contribution < -0.4 is 0 Å². The third-order valence-corrected chi connectivity index (χ3v) is 2.38. The summed E-state index contributed by atoms with van der Waals surface area (Å²) in [4.78, 5) is 0. The molecular formula is C12H19N3. The summed E-state index contributed by atoms with van der Waals surface area (Å²) in [5, 5.41) is 13.3. The summed E-state index contributed by atoms with van der Waals surface area (Å²) in [5.74, 6) is 0. The zero-order chi connectivity index (χ0) is 11.5. The van der Waals surface area contributed by atoms with E-state index in [9.17, 15) is 0 Å². The number of aryl methyl sites for hydroxylation is 1. The van der Waals surface area contributed by atoms with E-state index >= 15 is 0 Å². The van der Waals surface area contributed by atoms with Gasteiger partial charge in [-0.3, -0.25) is 4.68 Å². The highest BCUT2D eigenvalue weighted by atomic mass is 15.3. The molecule has 1 aromatic rings. The van der Waals surface area contributed by atoms with E-state index in [-0.39, 0.29) is 5.54 Å². The first kappa shape index (κ1) is 11.8. The molecule has 0 atom stereocenters. The third-order valence-electron chi connectivity index (χ3n) is 2.38. The van der Waals surface area contributed by atoms with Gasteiger partial charge in [0.2, 0.25) is 0 Å². The molecule has 3 nitrogen and oxygen atoms in total. The monoisotopic (exact) mass is 205 g/mol. The zero-order valence-electron chi connectivity index (χ0n) is 10.0. The Morgan fingerprint density at radius 2 is 2.13 bits per heavy atom.